The third-order valence-electron chi connectivity index (χ3n) is 4.61. The molecular weight excluding hydrogens is 324 g/mol. The summed E-state index contributed by atoms with van der Waals surface area (Å²) in [5.41, 5.74) is 0.790. The summed E-state index contributed by atoms with van der Waals surface area (Å²) in [6.45, 7) is 4.85. The molecule has 0 aromatic carbocycles. The van der Waals surface area contributed by atoms with Gasteiger partial charge in [0.15, 0.2) is 11.5 Å². The highest BCUT2D eigenvalue weighted by Gasteiger charge is 2.30. The molecule has 8 nitrogen and oxygen atoms in total. The maximum Gasteiger partial charge on any atom is 0.202 e. The Bertz CT molecular complexity index is 877. The van der Waals surface area contributed by atoms with Crippen molar-refractivity contribution in [3.8, 4) is 0 Å². The molecule has 1 saturated heterocycles. The maximum atomic E-state index is 4.62. The minimum absolute atomic E-state index is 0.609. The van der Waals surface area contributed by atoms with Gasteiger partial charge >= 0.3 is 0 Å². The SMILES string of the molecule is Cc1nnc2ccc(N3CC(CNc4nc(C5CC5)ns4)C3)nn12. The first kappa shape index (κ1) is 14.1. The van der Waals surface area contributed by atoms with Crippen molar-refractivity contribution in [2.45, 2.75) is 25.7 Å². The van der Waals surface area contributed by atoms with Crippen molar-refractivity contribution in [2.75, 3.05) is 29.9 Å². The normalized spacial score (nSPS) is 18.1. The van der Waals surface area contributed by atoms with Crippen LogP contribution >= 0.6 is 11.5 Å². The lowest BCUT2D eigenvalue weighted by atomic mass is 10.0. The Morgan fingerprint density at radius 1 is 1.25 bits per heavy atom. The van der Waals surface area contributed by atoms with E-state index < -0.39 is 0 Å². The fraction of sp³-hybridized carbons (Fsp3) is 0.533. The van der Waals surface area contributed by atoms with Gasteiger partial charge in [0.2, 0.25) is 5.13 Å². The molecule has 3 aromatic rings. The first-order valence-corrected chi connectivity index (χ1v) is 9.05. The Hall–Kier alpha value is -2.29. The molecule has 5 rings (SSSR count). The average molecular weight is 342 g/mol. The summed E-state index contributed by atoms with van der Waals surface area (Å²) in [6.07, 6.45) is 2.49. The third kappa shape index (κ3) is 2.48. The van der Waals surface area contributed by atoms with E-state index in [9.17, 15) is 0 Å². The second-order valence-corrected chi connectivity index (χ2v) is 7.34. The number of nitrogens with zero attached hydrogens (tertiary/aromatic N) is 7. The Morgan fingerprint density at radius 2 is 2.12 bits per heavy atom. The van der Waals surface area contributed by atoms with Crippen LogP contribution in [-0.4, -0.2) is 48.8 Å². The van der Waals surface area contributed by atoms with Gasteiger partial charge in [0, 0.05) is 43.0 Å². The van der Waals surface area contributed by atoms with E-state index in [2.05, 4.69) is 34.9 Å². The van der Waals surface area contributed by atoms with Gasteiger partial charge in [-0.05, 0) is 31.9 Å². The van der Waals surface area contributed by atoms with Crippen molar-refractivity contribution >= 4 is 28.1 Å². The molecule has 4 heterocycles. The number of aromatic nitrogens is 6. The van der Waals surface area contributed by atoms with E-state index in [-0.39, 0.29) is 0 Å². The van der Waals surface area contributed by atoms with Gasteiger partial charge in [-0.25, -0.2) is 4.98 Å². The third-order valence-corrected chi connectivity index (χ3v) is 5.30. The monoisotopic (exact) mass is 342 g/mol. The zero-order valence-corrected chi connectivity index (χ0v) is 14.2. The summed E-state index contributed by atoms with van der Waals surface area (Å²) < 4.78 is 6.22. The first-order chi connectivity index (χ1) is 11.8. The molecule has 2 aliphatic rings. The van der Waals surface area contributed by atoms with Crippen LogP contribution in [0.15, 0.2) is 12.1 Å². The molecule has 1 N–H and O–H groups in total. The van der Waals surface area contributed by atoms with Gasteiger partial charge < -0.3 is 10.2 Å². The molecule has 24 heavy (non-hydrogen) atoms. The second kappa shape index (κ2) is 5.37. The topological polar surface area (TPSA) is 84.1 Å². The molecule has 3 aromatic heterocycles. The van der Waals surface area contributed by atoms with E-state index in [4.69, 9.17) is 0 Å². The molecular formula is C15H18N8S. The van der Waals surface area contributed by atoms with Gasteiger partial charge in [-0.1, -0.05) is 0 Å². The number of fused-ring (bicyclic) bond motifs is 1. The predicted molar refractivity (Wildman–Crippen MR) is 91.6 cm³/mol. The average Bonchev–Trinajstić information content (AvgIpc) is 3.19. The van der Waals surface area contributed by atoms with E-state index in [1.54, 1.807) is 4.52 Å². The number of hydrogen-bond donors (Lipinski definition) is 1. The summed E-state index contributed by atoms with van der Waals surface area (Å²) in [5, 5.41) is 17.1. The van der Waals surface area contributed by atoms with Gasteiger partial charge in [0.05, 0.1) is 0 Å². The minimum Gasteiger partial charge on any atom is -0.360 e. The molecule has 0 spiro atoms. The minimum atomic E-state index is 0.609. The Labute approximate surface area is 143 Å². The fourth-order valence-corrected chi connectivity index (χ4v) is 3.64. The lowest BCUT2D eigenvalue weighted by Gasteiger charge is -2.40. The number of hydrogen-bond acceptors (Lipinski definition) is 8. The van der Waals surface area contributed by atoms with E-state index in [1.165, 1.54) is 24.4 Å². The van der Waals surface area contributed by atoms with Crippen LogP contribution < -0.4 is 10.2 Å². The van der Waals surface area contributed by atoms with Gasteiger partial charge in [-0.3, -0.25) is 0 Å². The van der Waals surface area contributed by atoms with Gasteiger partial charge in [-0.2, -0.15) is 8.89 Å². The van der Waals surface area contributed by atoms with Gasteiger partial charge in [0.25, 0.3) is 0 Å². The summed E-state index contributed by atoms with van der Waals surface area (Å²) in [5.74, 6) is 4.05. The van der Waals surface area contributed by atoms with Crippen LogP contribution in [0.25, 0.3) is 5.65 Å². The molecule has 9 heteroatoms. The van der Waals surface area contributed by atoms with Crippen LogP contribution in [0.2, 0.25) is 0 Å². The lowest BCUT2D eigenvalue weighted by Crippen LogP contribution is -2.50. The van der Waals surface area contributed by atoms with Crippen molar-refractivity contribution < 1.29 is 0 Å². The predicted octanol–water partition coefficient (Wildman–Crippen LogP) is 1.71. The molecule has 1 saturated carbocycles. The largest absolute Gasteiger partial charge is 0.360 e. The van der Waals surface area contributed by atoms with Crippen molar-refractivity contribution in [3.63, 3.8) is 0 Å². The maximum absolute atomic E-state index is 4.62. The standard InChI is InChI=1S/C15H18N8S/c1-9-18-19-12-4-5-13(20-23(9)12)22-7-10(8-22)6-16-15-17-14(21-24-15)11-2-3-11/h4-5,10-11H,2-3,6-8H2,1H3,(H,16,17,21). The number of nitrogens with one attached hydrogen (secondary N) is 1. The Kier molecular flexibility index (Phi) is 3.15. The molecule has 0 amide bonds. The van der Waals surface area contributed by atoms with Crippen molar-refractivity contribution in [1.82, 2.24) is 29.2 Å². The van der Waals surface area contributed by atoms with Crippen LogP contribution in [0.1, 0.15) is 30.4 Å². The van der Waals surface area contributed by atoms with E-state index >= 15 is 0 Å². The quantitative estimate of drug-likeness (QED) is 0.755. The molecule has 1 aliphatic heterocycles. The molecule has 124 valence electrons. The van der Waals surface area contributed by atoms with Crippen LogP contribution in [-0.2, 0) is 0 Å². The smallest absolute Gasteiger partial charge is 0.202 e. The van der Waals surface area contributed by atoms with Gasteiger partial charge in [0.1, 0.15) is 11.6 Å². The first-order valence-electron chi connectivity index (χ1n) is 8.28. The van der Waals surface area contributed by atoms with E-state index in [0.717, 1.165) is 47.9 Å². The zero-order chi connectivity index (χ0) is 16.1. The van der Waals surface area contributed by atoms with Gasteiger partial charge in [-0.15, -0.1) is 15.3 Å². The second-order valence-electron chi connectivity index (χ2n) is 6.59. The van der Waals surface area contributed by atoms with Crippen molar-refractivity contribution in [2.24, 2.45) is 5.92 Å². The van der Waals surface area contributed by atoms with Crippen LogP contribution in [0.4, 0.5) is 10.9 Å². The number of rotatable bonds is 5. The van der Waals surface area contributed by atoms with Crippen molar-refractivity contribution in [1.29, 1.82) is 0 Å². The fourth-order valence-electron chi connectivity index (χ4n) is 2.99. The van der Waals surface area contributed by atoms with E-state index in [0.29, 0.717) is 11.8 Å². The number of aryl methyl sites for hydroxylation is 1. The van der Waals surface area contributed by atoms with E-state index in [1.807, 2.05) is 19.1 Å². The molecule has 0 bridgehead atoms. The molecule has 0 radical (unpaired) electrons. The summed E-state index contributed by atoms with van der Waals surface area (Å²) in [6, 6.07) is 3.98. The van der Waals surface area contributed by atoms with Crippen LogP contribution in [0.3, 0.4) is 0 Å². The molecule has 0 unspecified atom stereocenters. The Morgan fingerprint density at radius 3 is 2.96 bits per heavy atom. The zero-order valence-electron chi connectivity index (χ0n) is 13.4. The van der Waals surface area contributed by atoms with Crippen LogP contribution in [0.5, 0.6) is 0 Å². The molecule has 2 fully saturated rings. The number of anilines is 2. The highest BCUT2D eigenvalue weighted by Crippen LogP contribution is 2.39. The molecule has 0 atom stereocenters. The van der Waals surface area contributed by atoms with Crippen molar-refractivity contribution in [3.05, 3.63) is 23.8 Å². The lowest BCUT2D eigenvalue weighted by molar-refractivity contribution is 0.425. The highest BCUT2D eigenvalue weighted by atomic mass is 32.1. The summed E-state index contributed by atoms with van der Waals surface area (Å²) in [7, 11) is 0. The van der Waals surface area contributed by atoms with Crippen LogP contribution in [0, 0.1) is 12.8 Å². The summed E-state index contributed by atoms with van der Waals surface area (Å²) in [4.78, 5) is 6.85. The summed E-state index contributed by atoms with van der Waals surface area (Å²) >= 11 is 1.48. The molecule has 1 aliphatic carbocycles. The highest BCUT2D eigenvalue weighted by molar-refractivity contribution is 7.09. The Balaban J connectivity index is 1.17.